The third-order valence-electron chi connectivity index (χ3n) is 4.97. The lowest BCUT2D eigenvalue weighted by atomic mass is 9.46. The van der Waals surface area contributed by atoms with Gasteiger partial charge in [-0.2, -0.15) is 0 Å². The minimum atomic E-state index is -0.393. The van der Waals surface area contributed by atoms with Gasteiger partial charge in [-0.05, 0) is 43.4 Å². The van der Waals surface area contributed by atoms with E-state index in [-0.39, 0.29) is 17.4 Å². The zero-order valence-electron chi connectivity index (χ0n) is 12.0. The van der Waals surface area contributed by atoms with Gasteiger partial charge in [0.2, 0.25) is 0 Å². The molecule has 0 radical (unpaired) electrons. The van der Waals surface area contributed by atoms with Gasteiger partial charge in [0.15, 0.2) is 0 Å². The van der Waals surface area contributed by atoms with Crippen molar-refractivity contribution in [1.29, 1.82) is 0 Å². The molecule has 0 aromatic heterocycles. The molecule has 2 atom stereocenters. The van der Waals surface area contributed by atoms with Gasteiger partial charge in [-0.1, -0.05) is 6.92 Å². The van der Waals surface area contributed by atoms with Gasteiger partial charge in [-0.3, -0.25) is 9.59 Å². The van der Waals surface area contributed by atoms with E-state index in [1.807, 2.05) is 0 Å². The maximum absolute atomic E-state index is 11.4. The molecule has 19 heavy (non-hydrogen) atoms. The van der Waals surface area contributed by atoms with Crippen molar-refractivity contribution < 1.29 is 19.1 Å². The predicted octanol–water partition coefficient (Wildman–Crippen LogP) is 2.59. The quantitative estimate of drug-likeness (QED) is 0.721. The van der Waals surface area contributed by atoms with E-state index >= 15 is 0 Å². The Hall–Kier alpha value is -1.06. The molecule has 0 spiro atoms. The van der Waals surface area contributed by atoms with Crippen LogP contribution in [0.25, 0.3) is 0 Å². The lowest BCUT2D eigenvalue weighted by molar-refractivity contribution is -0.246. The van der Waals surface area contributed by atoms with Crippen molar-refractivity contribution in [3.63, 3.8) is 0 Å². The zero-order chi connectivity index (χ0) is 13.9. The van der Waals surface area contributed by atoms with Gasteiger partial charge in [0.1, 0.15) is 11.2 Å². The minimum absolute atomic E-state index is 0.143. The van der Waals surface area contributed by atoms with Gasteiger partial charge < -0.3 is 9.47 Å². The smallest absolute Gasteiger partial charge is 0.303 e. The van der Waals surface area contributed by atoms with Gasteiger partial charge in [0.25, 0.3) is 0 Å². The highest BCUT2D eigenvalue weighted by atomic mass is 16.6. The molecule has 4 saturated carbocycles. The number of ether oxygens (including phenoxy) is 2. The fourth-order valence-electron chi connectivity index (χ4n) is 5.57. The summed E-state index contributed by atoms with van der Waals surface area (Å²) in [4.78, 5) is 22.9. The molecule has 4 rings (SSSR count). The number of hydrogen-bond donors (Lipinski definition) is 0. The normalized spacial score (nSPS) is 47.0. The highest BCUT2D eigenvalue weighted by molar-refractivity contribution is 5.67. The molecule has 0 aromatic rings. The monoisotopic (exact) mass is 266 g/mol. The van der Waals surface area contributed by atoms with Gasteiger partial charge in [0, 0.05) is 20.3 Å². The Morgan fingerprint density at radius 3 is 1.74 bits per heavy atom. The highest BCUT2D eigenvalue weighted by Crippen LogP contribution is 2.65. The molecule has 106 valence electrons. The van der Waals surface area contributed by atoms with Crippen molar-refractivity contribution in [3.8, 4) is 0 Å². The molecule has 4 fully saturated rings. The average Bonchev–Trinajstić information content (AvgIpc) is 2.06. The van der Waals surface area contributed by atoms with E-state index in [1.54, 1.807) is 0 Å². The molecule has 4 bridgehead atoms. The molecular formula is C15H22O4. The molecule has 2 unspecified atom stereocenters. The van der Waals surface area contributed by atoms with E-state index in [1.165, 1.54) is 20.3 Å². The Labute approximate surface area is 113 Å². The van der Waals surface area contributed by atoms with E-state index in [9.17, 15) is 9.59 Å². The van der Waals surface area contributed by atoms with Crippen molar-refractivity contribution >= 4 is 11.9 Å². The minimum Gasteiger partial charge on any atom is -0.459 e. The number of hydrogen-bond acceptors (Lipinski definition) is 4. The average molecular weight is 266 g/mol. The third kappa shape index (κ3) is 2.15. The van der Waals surface area contributed by atoms with Crippen molar-refractivity contribution in [2.45, 2.75) is 70.5 Å². The molecule has 4 aliphatic rings. The van der Waals surface area contributed by atoms with Gasteiger partial charge in [-0.15, -0.1) is 0 Å². The first-order valence-corrected chi connectivity index (χ1v) is 7.13. The lowest BCUT2D eigenvalue weighted by Gasteiger charge is -2.64. The van der Waals surface area contributed by atoms with Crippen molar-refractivity contribution in [1.82, 2.24) is 0 Å². The second-order valence-corrected chi connectivity index (χ2v) is 7.37. The molecule has 4 heteroatoms. The molecule has 0 aliphatic heterocycles. The molecule has 4 nitrogen and oxygen atoms in total. The zero-order valence-corrected chi connectivity index (χ0v) is 12.0. The summed E-state index contributed by atoms with van der Waals surface area (Å²) in [5.74, 6) is 0.0759. The molecule has 0 heterocycles. The van der Waals surface area contributed by atoms with Crippen LogP contribution in [0.2, 0.25) is 0 Å². The van der Waals surface area contributed by atoms with Crippen molar-refractivity contribution in [3.05, 3.63) is 0 Å². The number of esters is 2. The number of carbonyl (C=O) groups is 2. The molecule has 4 aliphatic carbocycles. The summed E-state index contributed by atoms with van der Waals surface area (Å²) in [6.45, 7) is 5.19. The Kier molecular flexibility index (Phi) is 2.55. The molecule has 0 saturated heterocycles. The maximum Gasteiger partial charge on any atom is 0.303 e. The summed E-state index contributed by atoms with van der Waals surface area (Å²) >= 11 is 0. The summed E-state index contributed by atoms with van der Waals surface area (Å²) in [5, 5.41) is 0. The first-order valence-electron chi connectivity index (χ1n) is 7.13. The maximum atomic E-state index is 11.4. The Bertz CT molecular complexity index is 409. The number of rotatable bonds is 2. The largest absolute Gasteiger partial charge is 0.459 e. The third-order valence-corrected chi connectivity index (χ3v) is 4.97. The predicted molar refractivity (Wildman–Crippen MR) is 68.3 cm³/mol. The van der Waals surface area contributed by atoms with Crippen LogP contribution in [-0.4, -0.2) is 23.1 Å². The van der Waals surface area contributed by atoms with Crippen LogP contribution < -0.4 is 0 Å². The topological polar surface area (TPSA) is 52.6 Å². The van der Waals surface area contributed by atoms with E-state index in [0.29, 0.717) is 12.3 Å². The van der Waals surface area contributed by atoms with Gasteiger partial charge in [-0.25, -0.2) is 0 Å². The fourth-order valence-corrected chi connectivity index (χ4v) is 5.57. The van der Waals surface area contributed by atoms with Crippen molar-refractivity contribution in [2.75, 3.05) is 0 Å². The first-order chi connectivity index (χ1) is 8.74. The van der Waals surface area contributed by atoms with Crippen LogP contribution >= 0.6 is 0 Å². The molecule has 0 aromatic carbocycles. The summed E-state index contributed by atoms with van der Waals surface area (Å²) in [5.41, 5.74) is -0.644. The lowest BCUT2D eigenvalue weighted by Crippen LogP contribution is -2.64. The van der Waals surface area contributed by atoms with Crippen LogP contribution in [0.3, 0.4) is 0 Å². The standard InChI is InChI=1S/C15H22O4/c1-10(16)18-14-5-12-4-13(3,7-14)8-15(6-12,9-14)19-11(2)17/h12H,4-9H2,1-3H3. The van der Waals surface area contributed by atoms with Gasteiger partial charge in [0.05, 0.1) is 0 Å². The second kappa shape index (κ2) is 3.74. The van der Waals surface area contributed by atoms with E-state index in [0.717, 1.165) is 25.7 Å². The summed E-state index contributed by atoms with van der Waals surface area (Å²) in [6, 6.07) is 0. The summed E-state index contributed by atoms with van der Waals surface area (Å²) in [7, 11) is 0. The summed E-state index contributed by atoms with van der Waals surface area (Å²) < 4.78 is 11.4. The summed E-state index contributed by atoms with van der Waals surface area (Å²) in [6.07, 6.45) is 5.55. The van der Waals surface area contributed by atoms with Crippen LogP contribution in [0.4, 0.5) is 0 Å². The van der Waals surface area contributed by atoms with Crippen LogP contribution in [0.15, 0.2) is 0 Å². The second-order valence-electron chi connectivity index (χ2n) is 7.37. The molecule has 0 N–H and O–H groups in total. The molecular weight excluding hydrogens is 244 g/mol. The number of carbonyl (C=O) groups excluding carboxylic acids is 2. The Balaban J connectivity index is 1.94. The van der Waals surface area contributed by atoms with Crippen LogP contribution in [0, 0.1) is 11.3 Å². The van der Waals surface area contributed by atoms with E-state index < -0.39 is 11.2 Å². The van der Waals surface area contributed by atoms with Crippen LogP contribution in [-0.2, 0) is 19.1 Å². The SMILES string of the molecule is CC(=O)OC12CC3CC(C)(C1)CC(OC(C)=O)(C3)C2. The molecule has 0 amide bonds. The first kappa shape index (κ1) is 12.9. The Morgan fingerprint density at radius 1 is 0.895 bits per heavy atom. The van der Waals surface area contributed by atoms with E-state index in [4.69, 9.17) is 9.47 Å². The highest BCUT2D eigenvalue weighted by Gasteiger charge is 2.65. The Morgan fingerprint density at radius 2 is 1.37 bits per heavy atom. The van der Waals surface area contributed by atoms with Crippen molar-refractivity contribution in [2.24, 2.45) is 11.3 Å². The fraction of sp³-hybridized carbons (Fsp3) is 0.867. The van der Waals surface area contributed by atoms with Crippen LogP contribution in [0.1, 0.15) is 59.3 Å². The van der Waals surface area contributed by atoms with E-state index in [2.05, 4.69) is 6.92 Å². The van der Waals surface area contributed by atoms with Gasteiger partial charge >= 0.3 is 11.9 Å². The van der Waals surface area contributed by atoms with Crippen LogP contribution in [0.5, 0.6) is 0 Å².